The van der Waals surface area contributed by atoms with Gasteiger partial charge in [-0.25, -0.2) is 0 Å². The maximum absolute atomic E-state index is 10.7. The monoisotopic (exact) mass is 320 g/mol. The lowest BCUT2D eigenvalue weighted by molar-refractivity contribution is -0.140. The number of hydrogen-bond acceptors (Lipinski definition) is 5. The van der Waals surface area contributed by atoms with Crippen LogP contribution in [-0.4, -0.2) is 36.2 Å². The molecular formula is C17H24N2O4. The average molecular weight is 320 g/mol. The highest BCUT2D eigenvalue weighted by molar-refractivity contribution is 5.77. The molecular weight excluding hydrogens is 296 g/mol. The molecule has 0 amide bonds. The number of ether oxygens (including phenoxy) is 1. The van der Waals surface area contributed by atoms with Crippen LogP contribution in [0.2, 0.25) is 0 Å². The van der Waals surface area contributed by atoms with E-state index in [1.807, 2.05) is 26.8 Å². The van der Waals surface area contributed by atoms with Crippen LogP contribution in [0.25, 0.3) is 0 Å². The molecule has 0 aromatic heterocycles. The molecule has 0 spiro atoms. The highest BCUT2D eigenvalue weighted by Crippen LogP contribution is 2.20. The maximum atomic E-state index is 10.7. The van der Waals surface area contributed by atoms with E-state index in [1.165, 1.54) is 11.1 Å². The fourth-order valence-corrected chi connectivity index (χ4v) is 1.59. The number of aryl methyl sites for hydroxylation is 3. The van der Waals surface area contributed by atoms with Gasteiger partial charge < -0.3 is 20.9 Å². The zero-order valence-electron chi connectivity index (χ0n) is 14.0. The number of carbonyl (C=O) groups excluding carboxylic acids is 1. The second kappa shape index (κ2) is 10.2. The smallest absolute Gasteiger partial charge is 0.325 e. The molecule has 0 saturated carbocycles. The van der Waals surface area contributed by atoms with Crippen LogP contribution >= 0.6 is 0 Å². The summed E-state index contributed by atoms with van der Waals surface area (Å²) in [6.07, 6.45) is 4.76. The molecule has 0 aliphatic heterocycles. The van der Waals surface area contributed by atoms with Gasteiger partial charge in [-0.15, -0.1) is 6.42 Å². The predicted molar refractivity (Wildman–Crippen MR) is 90.2 cm³/mol. The number of rotatable bonds is 5. The van der Waals surface area contributed by atoms with Crippen LogP contribution in [0.1, 0.15) is 23.6 Å². The van der Waals surface area contributed by atoms with Crippen molar-refractivity contribution in [2.45, 2.75) is 33.7 Å². The molecule has 0 heterocycles. The minimum atomic E-state index is -0.840. The number of nitrogens with one attached hydrogen (secondary N) is 1. The van der Waals surface area contributed by atoms with E-state index in [2.05, 4.69) is 22.0 Å². The van der Waals surface area contributed by atoms with Gasteiger partial charge in [0.25, 0.3) is 0 Å². The van der Waals surface area contributed by atoms with Crippen LogP contribution in [0.4, 0.5) is 5.69 Å². The first-order valence-electron chi connectivity index (χ1n) is 7.09. The summed E-state index contributed by atoms with van der Waals surface area (Å²) in [4.78, 5) is 20.8. The molecule has 0 bridgehead atoms. The number of terminal acetylenes is 1. The SMILES string of the molecule is C#CCOC(=O)CN.Cc1cc(C)c(N[C@@H](C)C(=O)O)cc1C. The Morgan fingerprint density at radius 2 is 1.87 bits per heavy atom. The van der Waals surface area contributed by atoms with E-state index < -0.39 is 18.0 Å². The molecule has 0 aliphatic carbocycles. The summed E-state index contributed by atoms with van der Waals surface area (Å²) in [6.45, 7) is 7.58. The Balaban J connectivity index is 0.000000515. The van der Waals surface area contributed by atoms with Crippen LogP contribution in [0.3, 0.4) is 0 Å². The first kappa shape index (κ1) is 20.5. The third-order valence-electron chi connectivity index (χ3n) is 3.07. The van der Waals surface area contributed by atoms with E-state index in [4.69, 9.17) is 17.3 Å². The van der Waals surface area contributed by atoms with Crippen molar-refractivity contribution in [1.82, 2.24) is 0 Å². The van der Waals surface area contributed by atoms with E-state index >= 15 is 0 Å². The fraction of sp³-hybridized carbons (Fsp3) is 0.412. The first-order valence-corrected chi connectivity index (χ1v) is 7.09. The summed E-state index contributed by atoms with van der Waals surface area (Å²) >= 11 is 0. The van der Waals surface area contributed by atoms with Crippen molar-refractivity contribution in [3.63, 3.8) is 0 Å². The summed E-state index contributed by atoms with van der Waals surface area (Å²) in [6, 6.07) is 3.49. The van der Waals surface area contributed by atoms with Crippen molar-refractivity contribution in [2.75, 3.05) is 18.5 Å². The van der Waals surface area contributed by atoms with Gasteiger partial charge in [0, 0.05) is 5.69 Å². The van der Waals surface area contributed by atoms with Gasteiger partial charge >= 0.3 is 11.9 Å². The lowest BCUT2D eigenvalue weighted by Gasteiger charge is -2.15. The third kappa shape index (κ3) is 7.88. The van der Waals surface area contributed by atoms with Crippen molar-refractivity contribution >= 4 is 17.6 Å². The van der Waals surface area contributed by atoms with Crippen LogP contribution in [0, 0.1) is 33.1 Å². The Kier molecular flexibility index (Phi) is 9.12. The van der Waals surface area contributed by atoms with Crippen molar-refractivity contribution < 1.29 is 19.4 Å². The lowest BCUT2D eigenvalue weighted by atomic mass is 10.0. The van der Waals surface area contributed by atoms with Crippen molar-refractivity contribution in [2.24, 2.45) is 5.73 Å². The summed E-state index contributed by atoms with van der Waals surface area (Å²) < 4.78 is 4.34. The molecule has 1 aromatic carbocycles. The molecule has 0 unspecified atom stereocenters. The molecule has 0 aliphatic rings. The van der Waals surface area contributed by atoms with Gasteiger partial charge in [0.2, 0.25) is 0 Å². The van der Waals surface area contributed by atoms with E-state index in [0.29, 0.717) is 0 Å². The van der Waals surface area contributed by atoms with Crippen LogP contribution in [0.5, 0.6) is 0 Å². The van der Waals surface area contributed by atoms with Crippen molar-refractivity contribution in [1.29, 1.82) is 0 Å². The van der Waals surface area contributed by atoms with Gasteiger partial charge in [-0.05, 0) is 50.5 Å². The first-order chi connectivity index (χ1) is 10.7. The highest BCUT2D eigenvalue weighted by Gasteiger charge is 2.11. The quantitative estimate of drug-likeness (QED) is 0.563. The fourth-order valence-electron chi connectivity index (χ4n) is 1.59. The Bertz CT molecular complexity index is 591. The predicted octanol–water partition coefficient (Wildman–Crippen LogP) is 1.62. The Morgan fingerprint density at radius 1 is 1.30 bits per heavy atom. The molecule has 0 radical (unpaired) electrons. The minimum absolute atomic E-state index is 0.00995. The normalized spacial score (nSPS) is 10.6. The van der Waals surface area contributed by atoms with Gasteiger partial charge in [-0.3, -0.25) is 9.59 Å². The Hall–Kier alpha value is -2.52. The summed E-state index contributed by atoms with van der Waals surface area (Å²) in [5, 5.41) is 11.8. The number of benzene rings is 1. The standard InChI is InChI=1S/C12H17NO2.C5H7NO2/c1-7-5-9(3)11(6-8(7)2)13-10(4)12(14)15;1-2-3-8-5(7)4-6/h5-6,10,13H,1-4H3,(H,14,15);1H,3-4,6H2/t10-;/m0./s1. The van der Waals surface area contributed by atoms with Crippen LogP contribution in [-0.2, 0) is 14.3 Å². The van der Waals surface area contributed by atoms with E-state index in [0.717, 1.165) is 11.3 Å². The Labute approximate surface area is 137 Å². The van der Waals surface area contributed by atoms with Crippen LogP contribution < -0.4 is 11.1 Å². The second-order valence-corrected chi connectivity index (χ2v) is 5.02. The average Bonchev–Trinajstić information content (AvgIpc) is 2.50. The van der Waals surface area contributed by atoms with E-state index in [9.17, 15) is 9.59 Å². The molecule has 0 fully saturated rings. The van der Waals surface area contributed by atoms with E-state index in [-0.39, 0.29) is 13.2 Å². The largest absolute Gasteiger partial charge is 0.480 e. The summed E-state index contributed by atoms with van der Waals surface area (Å²) in [5.41, 5.74) is 9.23. The molecule has 1 rings (SSSR count). The molecule has 1 atom stereocenters. The molecule has 23 heavy (non-hydrogen) atoms. The van der Waals surface area contributed by atoms with Crippen LogP contribution in [0.15, 0.2) is 12.1 Å². The third-order valence-corrected chi connectivity index (χ3v) is 3.07. The number of carboxylic acids is 1. The number of anilines is 1. The van der Waals surface area contributed by atoms with Gasteiger partial charge in [0.1, 0.15) is 6.04 Å². The molecule has 6 nitrogen and oxygen atoms in total. The van der Waals surface area contributed by atoms with Crippen molar-refractivity contribution in [3.05, 3.63) is 28.8 Å². The number of aliphatic carboxylic acids is 1. The van der Waals surface area contributed by atoms with Gasteiger partial charge in [0.15, 0.2) is 6.61 Å². The summed E-state index contributed by atoms with van der Waals surface area (Å²) in [5.74, 6) is 0.825. The number of hydrogen-bond donors (Lipinski definition) is 3. The number of nitrogens with two attached hydrogens (primary N) is 1. The zero-order chi connectivity index (χ0) is 18.0. The van der Waals surface area contributed by atoms with Gasteiger partial charge in [0.05, 0.1) is 6.54 Å². The van der Waals surface area contributed by atoms with E-state index in [1.54, 1.807) is 6.92 Å². The topological polar surface area (TPSA) is 102 Å². The molecule has 0 saturated heterocycles. The molecule has 4 N–H and O–H groups in total. The summed E-state index contributed by atoms with van der Waals surface area (Å²) in [7, 11) is 0. The maximum Gasteiger partial charge on any atom is 0.325 e. The second-order valence-electron chi connectivity index (χ2n) is 5.02. The minimum Gasteiger partial charge on any atom is -0.480 e. The van der Waals surface area contributed by atoms with Gasteiger partial charge in [-0.2, -0.15) is 0 Å². The molecule has 1 aromatic rings. The lowest BCUT2D eigenvalue weighted by Crippen LogP contribution is -2.25. The van der Waals surface area contributed by atoms with Crippen molar-refractivity contribution in [3.8, 4) is 12.3 Å². The number of esters is 1. The highest BCUT2D eigenvalue weighted by atomic mass is 16.5. The molecule has 126 valence electrons. The van der Waals surface area contributed by atoms with Gasteiger partial charge in [-0.1, -0.05) is 12.0 Å². The zero-order valence-corrected chi connectivity index (χ0v) is 14.0. The number of carboxylic acid groups (broad SMARTS) is 1. The Morgan fingerprint density at radius 3 is 2.35 bits per heavy atom. The number of carbonyl (C=O) groups is 2. The molecule has 6 heteroatoms.